The van der Waals surface area contributed by atoms with Gasteiger partial charge < -0.3 is 0 Å². The normalized spacial score (nSPS) is 14.4. The van der Waals surface area contributed by atoms with Crippen LogP contribution in [0.4, 0.5) is 4.39 Å². The molecule has 2 aromatic rings. The third-order valence-electron chi connectivity index (χ3n) is 3.23. The molecule has 1 aliphatic carbocycles. The molecule has 0 bridgehead atoms. The van der Waals surface area contributed by atoms with Crippen molar-refractivity contribution in [1.82, 2.24) is 4.98 Å². The highest BCUT2D eigenvalue weighted by Gasteiger charge is 2.18. The SMILES string of the molecule is Fc1ccc2nc3c(c(CBr)c2c1)CCC3. The lowest BCUT2D eigenvalue weighted by Crippen LogP contribution is -1.97. The van der Waals surface area contributed by atoms with E-state index >= 15 is 0 Å². The van der Waals surface area contributed by atoms with Crippen LogP contribution in [0.1, 0.15) is 23.2 Å². The van der Waals surface area contributed by atoms with Crippen molar-refractivity contribution >= 4 is 26.8 Å². The van der Waals surface area contributed by atoms with E-state index in [0.717, 1.165) is 29.1 Å². The number of halogens is 2. The topological polar surface area (TPSA) is 12.9 Å². The summed E-state index contributed by atoms with van der Waals surface area (Å²) in [6.45, 7) is 0. The number of alkyl halides is 1. The van der Waals surface area contributed by atoms with Crippen LogP contribution in [0.15, 0.2) is 18.2 Å². The molecule has 0 N–H and O–H groups in total. The van der Waals surface area contributed by atoms with E-state index in [1.165, 1.54) is 29.3 Å². The fraction of sp³-hybridized carbons (Fsp3) is 0.308. The van der Waals surface area contributed by atoms with Gasteiger partial charge in [-0.25, -0.2) is 4.39 Å². The molecule has 1 aromatic heterocycles. The van der Waals surface area contributed by atoms with Crippen molar-refractivity contribution in [3.8, 4) is 0 Å². The van der Waals surface area contributed by atoms with E-state index in [1.807, 2.05) is 0 Å². The predicted octanol–water partition coefficient (Wildman–Crippen LogP) is 3.76. The lowest BCUT2D eigenvalue weighted by atomic mass is 10.0. The van der Waals surface area contributed by atoms with Gasteiger partial charge in [-0.05, 0) is 48.6 Å². The summed E-state index contributed by atoms with van der Waals surface area (Å²) in [5.41, 5.74) is 4.66. The van der Waals surface area contributed by atoms with E-state index in [-0.39, 0.29) is 5.82 Å². The van der Waals surface area contributed by atoms with Gasteiger partial charge in [0.1, 0.15) is 5.82 Å². The summed E-state index contributed by atoms with van der Waals surface area (Å²) in [5.74, 6) is -0.186. The van der Waals surface area contributed by atoms with Crippen LogP contribution in [-0.4, -0.2) is 4.98 Å². The number of aryl methyl sites for hydroxylation is 1. The molecule has 1 heterocycles. The average molecular weight is 280 g/mol. The summed E-state index contributed by atoms with van der Waals surface area (Å²) in [5, 5.41) is 1.73. The van der Waals surface area contributed by atoms with E-state index in [1.54, 1.807) is 12.1 Å². The van der Waals surface area contributed by atoms with Gasteiger partial charge in [-0.15, -0.1) is 0 Å². The first-order chi connectivity index (χ1) is 7.79. The summed E-state index contributed by atoms with van der Waals surface area (Å²) in [6, 6.07) is 4.85. The number of fused-ring (bicyclic) bond motifs is 2. The van der Waals surface area contributed by atoms with E-state index < -0.39 is 0 Å². The van der Waals surface area contributed by atoms with Gasteiger partial charge in [-0.2, -0.15) is 0 Å². The molecular weight excluding hydrogens is 269 g/mol. The van der Waals surface area contributed by atoms with Crippen molar-refractivity contribution in [2.24, 2.45) is 0 Å². The Balaban J connectivity index is 2.40. The average Bonchev–Trinajstić information content (AvgIpc) is 2.73. The van der Waals surface area contributed by atoms with Crippen molar-refractivity contribution in [3.63, 3.8) is 0 Å². The Bertz CT molecular complexity index is 565. The fourth-order valence-electron chi connectivity index (χ4n) is 2.48. The molecule has 1 aliphatic rings. The van der Waals surface area contributed by atoms with Gasteiger partial charge in [0.15, 0.2) is 0 Å². The fourth-order valence-corrected chi connectivity index (χ4v) is 3.12. The first-order valence-electron chi connectivity index (χ1n) is 5.45. The van der Waals surface area contributed by atoms with Crippen molar-refractivity contribution in [3.05, 3.63) is 40.8 Å². The number of nitrogens with zero attached hydrogens (tertiary/aromatic N) is 1. The van der Waals surface area contributed by atoms with Gasteiger partial charge in [0, 0.05) is 16.4 Å². The molecule has 0 radical (unpaired) electrons. The minimum Gasteiger partial charge on any atom is -0.253 e. The minimum absolute atomic E-state index is 0.186. The van der Waals surface area contributed by atoms with Crippen molar-refractivity contribution in [1.29, 1.82) is 0 Å². The summed E-state index contributed by atoms with van der Waals surface area (Å²) in [6.07, 6.45) is 3.31. The van der Waals surface area contributed by atoms with Gasteiger partial charge in [-0.1, -0.05) is 15.9 Å². The first kappa shape index (κ1) is 10.2. The number of benzene rings is 1. The number of hydrogen-bond acceptors (Lipinski definition) is 1. The number of aromatic nitrogens is 1. The Morgan fingerprint density at radius 3 is 3.00 bits per heavy atom. The highest BCUT2D eigenvalue weighted by molar-refractivity contribution is 9.08. The molecule has 0 aliphatic heterocycles. The molecule has 0 fully saturated rings. The lowest BCUT2D eigenvalue weighted by molar-refractivity contribution is 0.629. The molecule has 1 aromatic carbocycles. The van der Waals surface area contributed by atoms with E-state index in [9.17, 15) is 4.39 Å². The quantitative estimate of drug-likeness (QED) is 0.725. The van der Waals surface area contributed by atoms with E-state index in [2.05, 4.69) is 20.9 Å². The maximum Gasteiger partial charge on any atom is 0.123 e. The zero-order valence-electron chi connectivity index (χ0n) is 8.76. The molecule has 0 unspecified atom stereocenters. The van der Waals surface area contributed by atoms with Crippen LogP contribution in [0, 0.1) is 5.82 Å². The molecule has 0 saturated heterocycles. The van der Waals surface area contributed by atoms with Gasteiger partial charge in [0.2, 0.25) is 0 Å². The Morgan fingerprint density at radius 2 is 2.19 bits per heavy atom. The molecule has 0 saturated carbocycles. The van der Waals surface area contributed by atoms with Crippen molar-refractivity contribution in [2.45, 2.75) is 24.6 Å². The van der Waals surface area contributed by atoms with Crippen LogP contribution < -0.4 is 0 Å². The van der Waals surface area contributed by atoms with Crippen LogP contribution in [0.25, 0.3) is 10.9 Å². The lowest BCUT2D eigenvalue weighted by Gasteiger charge is -2.09. The Labute approximate surface area is 102 Å². The van der Waals surface area contributed by atoms with Crippen molar-refractivity contribution < 1.29 is 4.39 Å². The third kappa shape index (κ3) is 1.46. The van der Waals surface area contributed by atoms with Gasteiger partial charge in [0.05, 0.1) is 5.52 Å². The number of pyridine rings is 1. The van der Waals surface area contributed by atoms with Gasteiger partial charge in [0.25, 0.3) is 0 Å². The minimum atomic E-state index is -0.186. The Morgan fingerprint density at radius 1 is 1.31 bits per heavy atom. The molecule has 0 spiro atoms. The molecule has 0 amide bonds. The number of rotatable bonds is 1. The molecular formula is C13H11BrFN. The van der Waals surface area contributed by atoms with Gasteiger partial charge >= 0.3 is 0 Å². The van der Waals surface area contributed by atoms with Gasteiger partial charge in [-0.3, -0.25) is 4.98 Å². The molecule has 16 heavy (non-hydrogen) atoms. The molecule has 82 valence electrons. The van der Waals surface area contributed by atoms with E-state index in [4.69, 9.17) is 0 Å². The monoisotopic (exact) mass is 279 g/mol. The maximum absolute atomic E-state index is 13.3. The summed E-state index contributed by atoms with van der Waals surface area (Å²) >= 11 is 3.51. The molecule has 3 heteroatoms. The second-order valence-corrected chi connectivity index (χ2v) is 4.72. The van der Waals surface area contributed by atoms with Crippen LogP contribution in [0.2, 0.25) is 0 Å². The molecule has 0 atom stereocenters. The van der Waals surface area contributed by atoms with Crippen LogP contribution in [-0.2, 0) is 18.2 Å². The highest BCUT2D eigenvalue weighted by atomic mass is 79.9. The number of hydrogen-bond donors (Lipinski definition) is 0. The van der Waals surface area contributed by atoms with E-state index in [0.29, 0.717) is 0 Å². The molecule has 1 nitrogen and oxygen atoms in total. The zero-order chi connectivity index (χ0) is 11.1. The first-order valence-corrected chi connectivity index (χ1v) is 6.57. The summed E-state index contributed by atoms with van der Waals surface area (Å²) < 4.78 is 13.3. The standard InChI is InChI=1S/C13H11BrFN/c14-7-11-9-2-1-3-12(9)16-13-5-4-8(15)6-10(11)13/h4-6H,1-3,7H2. The summed E-state index contributed by atoms with van der Waals surface area (Å²) in [4.78, 5) is 4.62. The Kier molecular flexibility index (Phi) is 2.43. The maximum atomic E-state index is 13.3. The smallest absolute Gasteiger partial charge is 0.123 e. The van der Waals surface area contributed by atoms with Crippen molar-refractivity contribution in [2.75, 3.05) is 0 Å². The second-order valence-electron chi connectivity index (χ2n) is 4.16. The largest absolute Gasteiger partial charge is 0.253 e. The Hall–Kier alpha value is -0.960. The van der Waals surface area contributed by atoms with Crippen LogP contribution in [0.5, 0.6) is 0 Å². The zero-order valence-corrected chi connectivity index (χ0v) is 10.3. The highest BCUT2D eigenvalue weighted by Crippen LogP contribution is 2.31. The third-order valence-corrected chi connectivity index (χ3v) is 3.79. The summed E-state index contributed by atoms with van der Waals surface area (Å²) in [7, 11) is 0. The van der Waals surface area contributed by atoms with Crippen LogP contribution >= 0.6 is 15.9 Å². The second kappa shape index (κ2) is 3.81. The predicted molar refractivity (Wildman–Crippen MR) is 66.4 cm³/mol. The van der Waals surface area contributed by atoms with Crippen LogP contribution in [0.3, 0.4) is 0 Å². The molecule has 3 rings (SSSR count).